The summed E-state index contributed by atoms with van der Waals surface area (Å²) < 4.78 is 13.1. The molecule has 0 saturated carbocycles. The second-order valence-corrected chi connectivity index (χ2v) is 6.26. The van der Waals surface area contributed by atoms with E-state index in [1.807, 2.05) is 13.0 Å². The number of rotatable bonds is 6. The van der Waals surface area contributed by atoms with Gasteiger partial charge in [0.05, 0.1) is 0 Å². The fourth-order valence-electron chi connectivity index (χ4n) is 3.07. The third-order valence-electron chi connectivity index (χ3n) is 4.35. The van der Waals surface area contributed by atoms with E-state index in [0.717, 1.165) is 18.7 Å². The minimum atomic E-state index is -0.150. The molecule has 0 aliphatic carbocycles. The molecule has 1 aliphatic heterocycles. The molecule has 0 spiro atoms. The molecule has 3 heteroatoms. The summed E-state index contributed by atoms with van der Waals surface area (Å²) in [6, 6.07) is 5.65. The lowest BCUT2D eigenvalue weighted by Gasteiger charge is -2.31. The van der Waals surface area contributed by atoms with Gasteiger partial charge in [-0.3, -0.25) is 4.90 Å². The van der Waals surface area contributed by atoms with E-state index in [-0.39, 0.29) is 5.82 Å². The van der Waals surface area contributed by atoms with Crippen LogP contribution in [0.1, 0.15) is 37.8 Å². The Morgan fingerprint density at radius 2 is 1.95 bits per heavy atom. The van der Waals surface area contributed by atoms with Crippen molar-refractivity contribution in [2.45, 2.75) is 46.2 Å². The molecule has 1 aromatic carbocycles. The maximum atomic E-state index is 13.1. The number of benzene rings is 1. The monoisotopic (exact) mass is 278 g/mol. The third-order valence-corrected chi connectivity index (χ3v) is 4.35. The lowest BCUT2D eigenvalue weighted by Crippen LogP contribution is -2.44. The van der Waals surface area contributed by atoms with E-state index in [4.69, 9.17) is 0 Å². The van der Waals surface area contributed by atoms with Crippen molar-refractivity contribution >= 4 is 0 Å². The molecule has 112 valence electrons. The van der Waals surface area contributed by atoms with Crippen LogP contribution in [0.25, 0.3) is 0 Å². The maximum absolute atomic E-state index is 13.1. The first kappa shape index (κ1) is 15.5. The summed E-state index contributed by atoms with van der Waals surface area (Å²) in [6.07, 6.45) is 2.67. The molecule has 2 rings (SSSR count). The number of aryl methyl sites for hydroxylation is 1. The van der Waals surface area contributed by atoms with Gasteiger partial charge < -0.3 is 5.32 Å². The molecular formula is C17H27FN2. The Balaban J connectivity index is 1.86. The highest BCUT2D eigenvalue weighted by atomic mass is 19.1. The van der Waals surface area contributed by atoms with Crippen molar-refractivity contribution in [1.82, 2.24) is 10.2 Å². The number of nitrogens with zero attached hydrogens (tertiary/aromatic N) is 1. The lowest BCUT2D eigenvalue weighted by molar-refractivity contribution is 0.186. The van der Waals surface area contributed by atoms with Crippen LogP contribution in [0, 0.1) is 18.7 Å². The summed E-state index contributed by atoms with van der Waals surface area (Å²) in [5, 5.41) is 3.56. The molecule has 1 heterocycles. The Kier molecular flexibility index (Phi) is 5.55. The largest absolute Gasteiger partial charge is 0.311 e. The molecule has 0 bridgehead atoms. The van der Waals surface area contributed by atoms with Crippen LogP contribution < -0.4 is 5.32 Å². The molecule has 1 aromatic rings. The van der Waals surface area contributed by atoms with E-state index in [9.17, 15) is 4.39 Å². The molecule has 1 fully saturated rings. The van der Waals surface area contributed by atoms with Gasteiger partial charge in [0.2, 0.25) is 0 Å². The van der Waals surface area contributed by atoms with Crippen LogP contribution >= 0.6 is 0 Å². The molecule has 1 atom stereocenters. The van der Waals surface area contributed by atoms with Crippen LogP contribution in [0.4, 0.5) is 4.39 Å². The molecule has 1 aliphatic rings. The Hall–Kier alpha value is -0.930. The zero-order valence-electron chi connectivity index (χ0n) is 13.0. The summed E-state index contributed by atoms with van der Waals surface area (Å²) >= 11 is 0. The molecule has 1 saturated heterocycles. The third kappa shape index (κ3) is 4.03. The van der Waals surface area contributed by atoms with Gasteiger partial charge in [-0.2, -0.15) is 0 Å². The van der Waals surface area contributed by atoms with E-state index < -0.39 is 0 Å². The predicted octanol–water partition coefficient (Wildman–Crippen LogP) is 3.34. The Morgan fingerprint density at radius 3 is 2.55 bits per heavy atom. The molecule has 2 nitrogen and oxygen atoms in total. The van der Waals surface area contributed by atoms with E-state index in [2.05, 4.69) is 24.1 Å². The first-order valence-corrected chi connectivity index (χ1v) is 7.77. The number of halogens is 1. The van der Waals surface area contributed by atoms with Crippen molar-refractivity contribution in [1.29, 1.82) is 0 Å². The van der Waals surface area contributed by atoms with Crippen molar-refractivity contribution in [2.24, 2.45) is 5.92 Å². The Bertz CT molecular complexity index is 425. The number of hydrogen-bond acceptors (Lipinski definition) is 2. The number of hydrogen-bond donors (Lipinski definition) is 1. The summed E-state index contributed by atoms with van der Waals surface area (Å²) in [7, 11) is 0. The van der Waals surface area contributed by atoms with Crippen molar-refractivity contribution in [2.75, 3.05) is 19.6 Å². The predicted molar refractivity (Wildman–Crippen MR) is 82.3 cm³/mol. The normalized spacial score (nSPS) is 17.9. The van der Waals surface area contributed by atoms with Gasteiger partial charge in [0, 0.05) is 19.1 Å². The van der Waals surface area contributed by atoms with Crippen molar-refractivity contribution < 1.29 is 4.39 Å². The van der Waals surface area contributed by atoms with Gasteiger partial charge in [0.25, 0.3) is 0 Å². The van der Waals surface area contributed by atoms with Crippen LogP contribution in [0.15, 0.2) is 18.2 Å². The van der Waals surface area contributed by atoms with E-state index in [1.54, 1.807) is 12.1 Å². The number of likely N-dealkylation sites (tertiary alicyclic amines) is 1. The SMILES string of the molecule is Cc1cc(F)ccc1CNCC(C(C)C)N1CCCC1. The van der Waals surface area contributed by atoms with Crippen molar-refractivity contribution in [3.63, 3.8) is 0 Å². The van der Waals surface area contributed by atoms with Gasteiger partial charge in [-0.15, -0.1) is 0 Å². The van der Waals surface area contributed by atoms with Crippen LogP contribution in [0.3, 0.4) is 0 Å². The van der Waals surface area contributed by atoms with Gasteiger partial charge in [-0.1, -0.05) is 19.9 Å². The lowest BCUT2D eigenvalue weighted by atomic mass is 10.0. The first-order valence-electron chi connectivity index (χ1n) is 7.77. The quantitative estimate of drug-likeness (QED) is 0.858. The molecule has 0 aromatic heterocycles. The minimum Gasteiger partial charge on any atom is -0.311 e. The average molecular weight is 278 g/mol. The second-order valence-electron chi connectivity index (χ2n) is 6.26. The number of nitrogens with one attached hydrogen (secondary N) is 1. The summed E-state index contributed by atoms with van der Waals surface area (Å²) in [6.45, 7) is 10.9. The highest BCUT2D eigenvalue weighted by molar-refractivity contribution is 5.26. The fraction of sp³-hybridized carbons (Fsp3) is 0.647. The summed E-state index contributed by atoms with van der Waals surface area (Å²) in [4.78, 5) is 2.61. The van der Waals surface area contributed by atoms with Crippen LogP contribution in [0.5, 0.6) is 0 Å². The van der Waals surface area contributed by atoms with Gasteiger partial charge >= 0.3 is 0 Å². The van der Waals surface area contributed by atoms with Crippen LogP contribution in [-0.4, -0.2) is 30.6 Å². The minimum absolute atomic E-state index is 0.150. The van der Waals surface area contributed by atoms with E-state index in [0.29, 0.717) is 12.0 Å². The smallest absolute Gasteiger partial charge is 0.123 e. The molecule has 1 unspecified atom stereocenters. The van der Waals surface area contributed by atoms with Gasteiger partial charge in [-0.05, 0) is 62.0 Å². The summed E-state index contributed by atoms with van der Waals surface area (Å²) in [5.41, 5.74) is 2.22. The molecule has 1 N–H and O–H groups in total. The zero-order valence-corrected chi connectivity index (χ0v) is 13.0. The highest BCUT2D eigenvalue weighted by Gasteiger charge is 2.23. The summed E-state index contributed by atoms with van der Waals surface area (Å²) in [5.74, 6) is 0.512. The Labute approximate surface area is 122 Å². The molecular weight excluding hydrogens is 251 g/mol. The van der Waals surface area contributed by atoms with Crippen molar-refractivity contribution in [3.8, 4) is 0 Å². The van der Waals surface area contributed by atoms with Crippen LogP contribution in [-0.2, 0) is 6.54 Å². The first-order chi connectivity index (χ1) is 9.58. The molecule has 0 radical (unpaired) electrons. The topological polar surface area (TPSA) is 15.3 Å². The second kappa shape index (κ2) is 7.19. The highest BCUT2D eigenvalue weighted by Crippen LogP contribution is 2.17. The van der Waals surface area contributed by atoms with Gasteiger partial charge in [-0.25, -0.2) is 4.39 Å². The zero-order chi connectivity index (χ0) is 14.5. The average Bonchev–Trinajstić information content (AvgIpc) is 2.90. The standard InChI is InChI=1S/C17H27FN2/c1-13(2)17(20-8-4-5-9-20)12-19-11-15-6-7-16(18)10-14(15)3/h6-7,10,13,17,19H,4-5,8-9,11-12H2,1-3H3. The fourth-order valence-corrected chi connectivity index (χ4v) is 3.07. The van der Waals surface area contributed by atoms with Crippen molar-refractivity contribution in [3.05, 3.63) is 35.1 Å². The van der Waals surface area contributed by atoms with Gasteiger partial charge in [0.15, 0.2) is 0 Å². The van der Waals surface area contributed by atoms with Gasteiger partial charge in [0.1, 0.15) is 5.82 Å². The van der Waals surface area contributed by atoms with E-state index >= 15 is 0 Å². The molecule has 0 amide bonds. The maximum Gasteiger partial charge on any atom is 0.123 e. The Morgan fingerprint density at radius 1 is 1.25 bits per heavy atom. The van der Waals surface area contributed by atoms with Crippen LogP contribution in [0.2, 0.25) is 0 Å². The van der Waals surface area contributed by atoms with E-state index in [1.165, 1.54) is 31.5 Å². The molecule has 20 heavy (non-hydrogen) atoms.